The van der Waals surface area contributed by atoms with Gasteiger partial charge in [0.25, 0.3) is 10.0 Å². The van der Waals surface area contributed by atoms with Crippen molar-refractivity contribution in [1.29, 1.82) is 0 Å². The highest BCUT2D eigenvalue weighted by molar-refractivity contribution is 7.90. The third kappa shape index (κ3) is 4.43. The molecular weight excluding hydrogens is 431 g/mol. The SMILES string of the molecule is CC(=O)NS(=O)(=O)c1ccc(-n2nc(C(F)(F)F)cc2-c2ccccc2Cl)cc1. The fraction of sp³-hybridized carbons (Fsp3) is 0.111. The number of carbonyl (C=O) groups excluding carboxylic acids is 1. The van der Waals surface area contributed by atoms with Crippen molar-refractivity contribution < 1.29 is 26.4 Å². The maximum atomic E-state index is 13.2. The van der Waals surface area contributed by atoms with Crippen LogP contribution in [0.25, 0.3) is 16.9 Å². The molecular formula is C18H13ClF3N3O3S. The highest BCUT2D eigenvalue weighted by Gasteiger charge is 2.35. The summed E-state index contributed by atoms with van der Waals surface area (Å²) in [6.45, 7) is 1.05. The van der Waals surface area contributed by atoms with Gasteiger partial charge in [-0.25, -0.2) is 17.8 Å². The first kappa shape index (κ1) is 20.9. The largest absolute Gasteiger partial charge is 0.435 e. The maximum Gasteiger partial charge on any atom is 0.435 e. The number of halogens is 4. The molecule has 1 amide bonds. The smallest absolute Gasteiger partial charge is 0.274 e. The zero-order chi connectivity index (χ0) is 21.4. The number of sulfonamides is 1. The number of aromatic nitrogens is 2. The van der Waals surface area contributed by atoms with E-state index in [0.717, 1.165) is 29.8 Å². The van der Waals surface area contributed by atoms with E-state index in [-0.39, 0.29) is 21.3 Å². The zero-order valence-corrected chi connectivity index (χ0v) is 16.3. The van der Waals surface area contributed by atoms with Crippen molar-refractivity contribution in [2.24, 2.45) is 0 Å². The molecule has 3 aromatic rings. The lowest BCUT2D eigenvalue weighted by atomic mass is 10.1. The lowest BCUT2D eigenvalue weighted by molar-refractivity contribution is -0.141. The summed E-state index contributed by atoms with van der Waals surface area (Å²) in [6, 6.07) is 12.1. The van der Waals surface area contributed by atoms with E-state index >= 15 is 0 Å². The van der Waals surface area contributed by atoms with E-state index in [2.05, 4.69) is 5.10 Å². The van der Waals surface area contributed by atoms with Gasteiger partial charge in [-0.2, -0.15) is 18.3 Å². The van der Waals surface area contributed by atoms with Crippen LogP contribution in [0.15, 0.2) is 59.5 Å². The van der Waals surface area contributed by atoms with Crippen LogP contribution in [-0.4, -0.2) is 24.1 Å². The van der Waals surface area contributed by atoms with Crippen molar-refractivity contribution >= 4 is 27.5 Å². The van der Waals surface area contributed by atoms with E-state index in [9.17, 15) is 26.4 Å². The summed E-state index contributed by atoms with van der Waals surface area (Å²) >= 11 is 6.13. The van der Waals surface area contributed by atoms with E-state index in [4.69, 9.17) is 11.6 Å². The van der Waals surface area contributed by atoms with Gasteiger partial charge in [0.15, 0.2) is 5.69 Å². The first-order chi connectivity index (χ1) is 13.5. The summed E-state index contributed by atoms with van der Waals surface area (Å²) in [7, 11) is -4.08. The number of amides is 1. The lowest BCUT2D eigenvalue weighted by Gasteiger charge is -2.10. The number of benzene rings is 2. The van der Waals surface area contributed by atoms with Crippen LogP contribution in [0.4, 0.5) is 13.2 Å². The fourth-order valence-corrected chi connectivity index (χ4v) is 3.82. The Hall–Kier alpha value is -2.85. The van der Waals surface area contributed by atoms with E-state index < -0.39 is 27.8 Å². The molecule has 152 valence electrons. The number of nitrogens with one attached hydrogen (secondary N) is 1. The van der Waals surface area contributed by atoms with Gasteiger partial charge in [0.05, 0.1) is 16.3 Å². The second-order valence-electron chi connectivity index (χ2n) is 5.96. The van der Waals surface area contributed by atoms with Crippen molar-refractivity contribution in [2.75, 3.05) is 0 Å². The Morgan fingerprint density at radius 2 is 1.72 bits per heavy atom. The van der Waals surface area contributed by atoms with E-state index in [1.54, 1.807) is 18.2 Å². The maximum absolute atomic E-state index is 13.2. The average Bonchev–Trinajstić information content (AvgIpc) is 3.06. The second kappa shape index (κ2) is 7.53. The average molecular weight is 444 g/mol. The Labute approximate surface area is 169 Å². The van der Waals surface area contributed by atoms with Crippen LogP contribution in [-0.2, 0) is 21.0 Å². The Morgan fingerprint density at radius 1 is 1.10 bits per heavy atom. The number of alkyl halides is 3. The molecule has 0 radical (unpaired) electrons. The van der Waals surface area contributed by atoms with Gasteiger partial charge in [0, 0.05) is 17.5 Å². The highest BCUT2D eigenvalue weighted by atomic mass is 35.5. The molecule has 2 aromatic carbocycles. The molecule has 0 spiro atoms. The van der Waals surface area contributed by atoms with Crippen molar-refractivity contribution in [3.05, 3.63) is 65.3 Å². The van der Waals surface area contributed by atoms with Crippen LogP contribution in [0.3, 0.4) is 0 Å². The van der Waals surface area contributed by atoms with Gasteiger partial charge < -0.3 is 0 Å². The Bertz CT molecular complexity index is 1170. The highest BCUT2D eigenvalue weighted by Crippen LogP contribution is 2.35. The molecule has 0 bridgehead atoms. The Balaban J connectivity index is 2.12. The molecule has 1 N–H and O–H groups in total. The first-order valence-electron chi connectivity index (χ1n) is 8.05. The molecule has 29 heavy (non-hydrogen) atoms. The van der Waals surface area contributed by atoms with E-state index in [1.807, 2.05) is 4.72 Å². The minimum Gasteiger partial charge on any atom is -0.274 e. The number of hydrogen-bond donors (Lipinski definition) is 1. The van der Waals surface area contributed by atoms with Crippen molar-refractivity contribution in [3.8, 4) is 16.9 Å². The number of hydrogen-bond acceptors (Lipinski definition) is 4. The summed E-state index contributed by atoms with van der Waals surface area (Å²) in [5.74, 6) is -0.767. The lowest BCUT2D eigenvalue weighted by Crippen LogP contribution is -2.28. The van der Waals surface area contributed by atoms with Gasteiger partial charge >= 0.3 is 6.18 Å². The molecule has 3 rings (SSSR count). The topological polar surface area (TPSA) is 81.1 Å². The molecule has 0 aliphatic carbocycles. The molecule has 0 aliphatic rings. The predicted octanol–water partition coefficient (Wildman–Crippen LogP) is 4.04. The summed E-state index contributed by atoms with van der Waals surface area (Å²) < 4.78 is 66.6. The molecule has 11 heteroatoms. The van der Waals surface area contributed by atoms with Crippen LogP contribution >= 0.6 is 11.6 Å². The number of rotatable bonds is 4. The van der Waals surface area contributed by atoms with Crippen molar-refractivity contribution in [1.82, 2.24) is 14.5 Å². The van der Waals surface area contributed by atoms with E-state index in [1.165, 1.54) is 18.2 Å². The predicted molar refractivity (Wildman–Crippen MR) is 100 cm³/mol. The van der Waals surface area contributed by atoms with Crippen molar-refractivity contribution in [2.45, 2.75) is 18.0 Å². The van der Waals surface area contributed by atoms with Gasteiger partial charge in [0.1, 0.15) is 0 Å². The third-order valence-electron chi connectivity index (χ3n) is 3.82. The van der Waals surface area contributed by atoms with Crippen LogP contribution in [0.5, 0.6) is 0 Å². The zero-order valence-electron chi connectivity index (χ0n) is 14.7. The second-order valence-corrected chi connectivity index (χ2v) is 8.05. The van der Waals surface area contributed by atoms with Gasteiger partial charge in [-0.05, 0) is 36.4 Å². The van der Waals surface area contributed by atoms with Gasteiger partial charge in [-0.1, -0.05) is 29.8 Å². The van der Waals surface area contributed by atoms with Crippen LogP contribution in [0.2, 0.25) is 5.02 Å². The quantitative estimate of drug-likeness (QED) is 0.660. The Morgan fingerprint density at radius 3 is 2.28 bits per heavy atom. The molecule has 0 aliphatic heterocycles. The van der Waals surface area contributed by atoms with Gasteiger partial charge in [0.2, 0.25) is 5.91 Å². The molecule has 1 aromatic heterocycles. The van der Waals surface area contributed by atoms with E-state index in [0.29, 0.717) is 5.56 Å². The van der Waals surface area contributed by atoms with Crippen LogP contribution < -0.4 is 4.72 Å². The molecule has 1 heterocycles. The van der Waals surface area contributed by atoms with Crippen molar-refractivity contribution in [3.63, 3.8) is 0 Å². The fourth-order valence-electron chi connectivity index (χ4n) is 2.59. The third-order valence-corrected chi connectivity index (χ3v) is 5.60. The van der Waals surface area contributed by atoms with Crippen LogP contribution in [0.1, 0.15) is 12.6 Å². The molecule has 0 saturated heterocycles. The van der Waals surface area contributed by atoms with Gasteiger partial charge in [-0.3, -0.25) is 4.79 Å². The summed E-state index contributed by atoms with van der Waals surface area (Å²) in [4.78, 5) is 10.8. The summed E-state index contributed by atoms with van der Waals surface area (Å²) in [6.07, 6.45) is -4.68. The van der Waals surface area contributed by atoms with Crippen LogP contribution in [0, 0.1) is 0 Å². The molecule has 0 fully saturated rings. The van der Waals surface area contributed by atoms with Gasteiger partial charge in [-0.15, -0.1) is 0 Å². The standard InChI is InChI=1S/C18H13ClF3N3O3S/c1-11(26)24-29(27,28)13-8-6-12(7-9-13)25-16(10-17(23-25)18(20,21)22)14-4-2-3-5-15(14)19/h2-10H,1H3,(H,24,26). The summed E-state index contributed by atoms with van der Waals surface area (Å²) in [5.41, 5.74) is -0.535. The number of nitrogens with zero attached hydrogens (tertiary/aromatic N) is 2. The first-order valence-corrected chi connectivity index (χ1v) is 9.91. The minimum atomic E-state index is -4.68. The Kier molecular flexibility index (Phi) is 5.42. The number of carbonyl (C=O) groups is 1. The minimum absolute atomic E-state index is 0.0837. The molecule has 0 saturated carbocycles. The molecule has 6 nitrogen and oxygen atoms in total. The molecule has 0 atom stereocenters. The summed E-state index contributed by atoms with van der Waals surface area (Å²) in [5, 5.41) is 3.85. The molecule has 0 unspecified atom stereocenters. The monoisotopic (exact) mass is 443 g/mol. The normalized spacial score (nSPS) is 12.0.